The zero-order chi connectivity index (χ0) is 15.5. The van der Waals surface area contributed by atoms with Gasteiger partial charge in [0.25, 0.3) is 0 Å². The van der Waals surface area contributed by atoms with Gasteiger partial charge in [0.2, 0.25) is 0 Å². The molecule has 1 fully saturated rings. The normalized spacial score (nSPS) is 19.0. The molecule has 1 atom stereocenters. The van der Waals surface area contributed by atoms with Crippen molar-refractivity contribution in [3.05, 3.63) is 58.6 Å². The summed E-state index contributed by atoms with van der Waals surface area (Å²) in [4.78, 5) is 7.08. The van der Waals surface area contributed by atoms with Crippen LogP contribution in [0.1, 0.15) is 16.7 Å². The van der Waals surface area contributed by atoms with Crippen molar-refractivity contribution >= 4 is 11.3 Å². The third-order valence-electron chi connectivity index (χ3n) is 3.90. The largest absolute Gasteiger partial charge is 0.368 e. The van der Waals surface area contributed by atoms with Crippen LogP contribution in [-0.4, -0.2) is 34.7 Å². The Bertz CT molecular complexity index is 742. The minimum absolute atomic E-state index is 0.0260. The number of hydrogen-bond donors (Lipinski definition) is 0. The van der Waals surface area contributed by atoms with Gasteiger partial charge in [-0.05, 0) is 5.56 Å². The van der Waals surface area contributed by atoms with Gasteiger partial charge in [0.05, 0.1) is 6.61 Å². The van der Waals surface area contributed by atoms with Crippen LogP contribution in [0.15, 0.2) is 52.6 Å². The molecule has 3 heterocycles. The summed E-state index contributed by atoms with van der Waals surface area (Å²) >= 11 is 1.62. The second-order valence-corrected chi connectivity index (χ2v) is 6.43. The standard InChI is InChI=1S/C17H17N3O2S/c1-2-4-13(5-3-1)10-20-7-9-21-16(11-20)17-18-15(12-23-17)14-6-8-22-19-14/h1-6,8,12,16H,7,9-11H2. The fourth-order valence-electron chi connectivity index (χ4n) is 2.73. The Morgan fingerprint density at radius 2 is 2.09 bits per heavy atom. The molecule has 0 radical (unpaired) electrons. The molecule has 23 heavy (non-hydrogen) atoms. The molecule has 1 aliphatic heterocycles. The molecule has 0 bridgehead atoms. The van der Waals surface area contributed by atoms with Gasteiger partial charge in [-0.2, -0.15) is 0 Å². The summed E-state index contributed by atoms with van der Waals surface area (Å²) in [6.45, 7) is 3.49. The van der Waals surface area contributed by atoms with Crippen molar-refractivity contribution < 1.29 is 9.26 Å². The molecule has 0 amide bonds. The van der Waals surface area contributed by atoms with Crippen LogP contribution in [0.5, 0.6) is 0 Å². The SMILES string of the molecule is c1ccc(CN2CCOC(c3nc(-c4ccon4)cs3)C2)cc1. The van der Waals surface area contributed by atoms with E-state index >= 15 is 0 Å². The molecule has 1 unspecified atom stereocenters. The maximum absolute atomic E-state index is 5.93. The highest BCUT2D eigenvalue weighted by Gasteiger charge is 2.25. The van der Waals surface area contributed by atoms with Gasteiger partial charge in [-0.3, -0.25) is 4.90 Å². The number of nitrogens with zero attached hydrogens (tertiary/aromatic N) is 3. The van der Waals surface area contributed by atoms with E-state index in [1.165, 1.54) is 5.56 Å². The number of rotatable bonds is 4. The fraction of sp³-hybridized carbons (Fsp3) is 0.294. The van der Waals surface area contributed by atoms with Gasteiger partial charge >= 0.3 is 0 Å². The first kappa shape index (κ1) is 14.6. The molecule has 0 saturated carbocycles. The molecule has 0 N–H and O–H groups in total. The second kappa shape index (κ2) is 6.62. The Morgan fingerprint density at radius 3 is 2.91 bits per heavy atom. The first-order valence-corrected chi connectivity index (χ1v) is 8.50. The first-order chi connectivity index (χ1) is 11.4. The number of hydrogen-bond acceptors (Lipinski definition) is 6. The van der Waals surface area contributed by atoms with Crippen LogP contribution >= 0.6 is 11.3 Å². The second-order valence-electron chi connectivity index (χ2n) is 5.54. The maximum atomic E-state index is 5.93. The van der Waals surface area contributed by atoms with E-state index in [0.717, 1.165) is 42.6 Å². The van der Waals surface area contributed by atoms with Crippen LogP contribution in [-0.2, 0) is 11.3 Å². The molecule has 118 valence electrons. The number of thiazole rings is 1. The van der Waals surface area contributed by atoms with Gasteiger partial charge in [0.1, 0.15) is 28.8 Å². The summed E-state index contributed by atoms with van der Waals surface area (Å²) in [5, 5.41) is 6.94. The number of aromatic nitrogens is 2. The van der Waals surface area contributed by atoms with Crippen molar-refractivity contribution in [3.63, 3.8) is 0 Å². The molecule has 5 nitrogen and oxygen atoms in total. The highest BCUT2D eigenvalue weighted by Crippen LogP contribution is 2.29. The van der Waals surface area contributed by atoms with E-state index in [4.69, 9.17) is 9.26 Å². The summed E-state index contributed by atoms with van der Waals surface area (Å²) in [5.41, 5.74) is 2.95. The lowest BCUT2D eigenvalue weighted by Crippen LogP contribution is -2.37. The summed E-state index contributed by atoms with van der Waals surface area (Å²) in [6.07, 6.45) is 1.59. The first-order valence-electron chi connectivity index (χ1n) is 7.62. The van der Waals surface area contributed by atoms with E-state index in [1.807, 2.05) is 17.5 Å². The zero-order valence-corrected chi connectivity index (χ0v) is 13.4. The van der Waals surface area contributed by atoms with Gasteiger partial charge in [0.15, 0.2) is 0 Å². The third-order valence-corrected chi connectivity index (χ3v) is 4.83. The predicted octanol–water partition coefficient (Wildman–Crippen LogP) is 3.37. The molecular weight excluding hydrogens is 310 g/mol. The Kier molecular flexibility index (Phi) is 4.19. The number of morpholine rings is 1. The van der Waals surface area contributed by atoms with E-state index in [-0.39, 0.29) is 6.10 Å². The Morgan fingerprint density at radius 1 is 1.17 bits per heavy atom. The average Bonchev–Trinajstić information content (AvgIpc) is 3.28. The van der Waals surface area contributed by atoms with Crippen LogP contribution in [0.4, 0.5) is 0 Å². The Hall–Kier alpha value is -2.02. The predicted molar refractivity (Wildman–Crippen MR) is 88.0 cm³/mol. The fourth-order valence-corrected chi connectivity index (χ4v) is 3.59. The molecule has 3 aromatic rings. The highest BCUT2D eigenvalue weighted by molar-refractivity contribution is 7.10. The quantitative estimate of drug-likeness (QED) is 0.735. The number of benzene rings is 1. The smallest absolute Gasteiger partial charge is 0.133 e. The van der Waals surface area contributed by atoms with E-state index in [1.54, 1.807) is 17.6 Å². The van der Waals surface area contributed by atoms with Crippen molar-refractivity contribution in [1.82, 2.24) is 15.0 Å². The molecule has 6 heteroatoms. The average molecular weight is 327 g/mol. The Labute approximate surface area is 138 Å². The minimum atomic E-state index is 0.0260. The van der Waals surface area contributed by atoms with Gasteiger partial charge in [-0.15, -0.1) is 11.3 Å². The van der Waals surface area contributed by atoms with Crippen molar-refractivity contribution in [1.29, 1.82) is 0 Å². The van der Waals surface area contributed by atoms with Crippen LogP contribution in [0.2, 0.25) is 0 Å². The van der Waals surface area contributed by atoms with Gasteiger partial charge in [0, 0.05) is 31.1 Å². The van der Waals surface area contributed by atoms with Gasteiger partial charge in [-0.25, -0.2) is 4.98 Å². The highest BCUT2D eigenvalue weighted by atomic mass is 32.1. The molecule has 1 aromatic carbocycles. The molecular formula is C17H17N3O2S. The summed E-state index contributed by atoms with van der Waals surface area (Å²) in [5.74, 6) is 0. The molecule has 1 aliphatic rings. The molecule has 1 saturated heterocycles. The maximum Gasteiger partial charge on any atom is 0.133 e. The van der Waals surface area contributed by atoms with E-state index in [2.05, 4.69) is 39.3 Å². The van der Waals surface area contributed by atoms with Crippen molar-refractivity contribution in [2.75, 3.05) is 19.7 Å². The van der Waals surface area contributed by atoms with Crippen molar-refractivity contribution in [2.45, 2.75) is 12.6 Å². The van der Waals surface area contributed by atoms with E-state index in [0.29, 0.717) is 0 Å². The third kappa shape index (κ3) is 3.34. The molecule has 0 aliphatic carbocycles. The van der Waals surface area contributed by atoms with Crippen molar-refractivity contribution in [2.24, 2.45) is 0 Å². The summed E-state index contributed by atoms with van der Waals surface area (Å²) in [6, 6.07) is 12.4. The molecule has 2 aromatic heterocycles. The van der Waals surface area contributed by atoms with E-state index < -0.39 is 0 Å². The zero-order valence-electron chi connectivity index (χ0n) is 12.6. The molecule has 0 spiro atoms. The lowest BCUT2D eigenvalue weighted by molar-refractivity contribution is -0.0329. The summed E-state index contributed by atoms with van der Waals surface area (Å²) in [7, 11) is 0. The van der Waals surface area contributed by atoms with E-state index in [9.17, 15) is 0 Å². The van der Waals surface area contributed by atoms with Crippen molar-refractivity contribution in [3.8, 4) is 11.4 Å². The van der Waals surface area contributed by atoms with Crippen LogP contribution in [0.25, 0.3) is 11.4 Å². The minimum Gasteiger partial charge on any atom is -0.368 e. The molecule has 4 rings (SSSR count). The Balaban J connectivity index is 1.45. The van der Waals surface area contributed by atoms with Crippen LogP contribution < -0.4 is 0 Å². The lowest BCUT2D eigenvalue weighted by atomic mass is 10.2. The summed E-state index contributed by atoms with van der Waals surface area (Å²) < 4.78 is 10.8. The lowest BCUT2D eigenvalue weighted by Gasteiger charge is -2.31. The van der Waals surface area contributed by atoms with Gasteiger partial charge < -0.3 is 9.26 Å². The monoisotopic (exact) mass is 327 g/mol. The van der Waals surface area contributed by atoms with Crippen LogP contribution in [0.3, 0.4) is 0 Å². The topological polar surface area (TPSA) is 51.4 Å². The van der Waals surface area contributed by atoms with Gasteiger partial charge in [-0.1, -0.05) is 35.5 Å². The number of ether oxygens (including phenoxy) is 1. The van der Waals surface area contributed by atoms with Crippen LogP contribution in [0, 0.1) is 0 Å².